The lowest BCUT2D eigenvalue weighted by Gasteiger charge is -2.06. The predicted molar refractivity (Wildman–Crippen MR) is 78.0 cm³/mol. The van der Waals surface area contributed by atoms with E-state index in [0.717, 1.165) is 35.3 Å². The Labute approximate surface area is 116 Å². The third kappa shape index (κ3) is 2.17. The Kier molecular flexibility index (Phi) is 3.13. The zero-order valence-electron chi connectivity index (χ0n) is 10.6. The fraction of sp³-hybridized carbons (Fsp3) is 0.214. The van der Waals surface area contributed by atoms with E-state index in [0.29, 0.717) is 4.77 Å². The van der Waals surface area contributed by atoms with Crippen LogP contribution in [0.5, 0.6) is 0 Å². The van der Waals surface area contributed by atoms with E-state index in [9.17, 15) is 0 Å². The standard InChI is InChI=1S/C14H14N4S/c1-2-5-13-16-17-14(19)18(13)11-8-10-6-3-4-7-12(10)15-9-11/h3-4,6-9H,2,5H2,1H3,(H,17,19). The zero-order valence-corrected chi connectivity index (χ0v) is 11.4. The van der Waals surface area contributed by atoms with E-state index in [1.807, 2.05) is 29.0 Å². The number of aromatic amines is 1. The van der Waals surface area contributed by atoms with Gasteiger partial charge in [-0.05, 0) is 30.8 Å². The summed E-state index contributed by atoms with van der Waals surface area (Å²) in [5.41, 5.74) is 1.94. The lowest BCUT2D eigenvalue weighted by Crippen LogP contribution is -2.02. The third-order valence-electron chi connectivity index (χ3n) is 3.05. The minimum atomic E-state index is 0.612. The molecule has 0 aliphatic carbocycles. The molecule has 19 heavy (non-hydrogen) atoms. The number of H-pyrrole nitrogens is 1. The highest BCUT2D eigenvalue weighted by Gasteiger charge is 2.08. The van der Waals surface area contributed by atoms with Crippen molar-refractivity contribution in [2.24, 2.45) is 0 Å². The largest absolute Gasteiger partial charge is 0.271 e. The van der Waals surface area contributed by atoms with Gasteiger partial charge in [0.2, 0.25) is 0 Å². The van der Waals surface area contributed by atoms with Crippen LogP contribution in [0.1, 0.15) is 19.2 Å². The van der Waals surface area contributed by atoms with Gasteiger partial charge < -0.3 is 0 Å². The summed E-state index contributed by atoms with van der Waals surface area (Å²) in [7, 11) is 0. The SMILES string of the molecule is CCCc1n[nH]c(=S)n1-c1cnc2ccccc2c1. The summed E-state index contributed by atoms with van der Waals surface area (Å²) < 4.78 is 2.57. The van der Waals surface area contributed by atoms with Crippen LogP contribution in [0.15, 0.2) is 36.5 Å². The van der Waals surface area contributed by atoms with Crippen LogP contribution < -0.4 is 0 Å². The molecule has 3 rings (SSSR count). The average molecular weight is 270 g/mol. The molecule has 1 N–H and O–H groups in total. The molecule has 2 aromatic heterocycles. The van der Waals surface area contributed by atoms with Crippen molar-refractivity contribution in [1.29, 1.82) is 0 Å². The molecule has 0 atom stereocenters. The molecule has 0 spiro atoms. The maximum atomic E-state index is 5.31. The van der Waals surface area contributed by atoms with Crippen molar-refractivity contribution in [1.82, 2.24) is 19.7 Å². The van der Waals surface area contributed by atoms with Crippen LogP contribution >= 0.6 is 12.2 Å². The Hall–Kier alpha value is -2.01. The summed E-state index contributed by atoms with van der Waals surface area (Å²) in [6.07, 6.45) is 3.76. The number of pyridine rings is 1. The van der Waals surface area contributed by atoms with Crippen molar-refractivity contribution in [3.8, 4) is 5.69 Å². The van der Waals surface area contributed by atoms with E-state index >= 15 is 0 Å². The number of nitrogens with zero attached hydrogens (tertiary/aromatic N) is 3. The molecule has 3 aromatic rings. The molecule has 5 heteroatoms. The Morgan fingerprint density at radius 2 is 2.16 bits per heavy atom. The van der Waals surface area contributed by atoms with Crippen LogP contribution in [0.4, 0.5) is 0 Å². The van der Waals surface area contributed by atoms with Crippen LogP contribution in [-0.2, 0) is 6.42 Å². The Morgan fingerprint density at radius 3 is 3.00 bits per heavy atom. The fourth-order valence-electron chi connectivity index (χ4n) is 2.17. The number of para-hydroxylation sites is 1. The van der Waals surface area contributed by atoms with Gasteiger partial charge in [-0.25, -0.2) is 0 Å². The van der Waals surface area contributed by atoms with Crippen molar-refractivity contribution in [2.75, 3.05) is 0 Å². The second kappa shape index (κ2) is 4.93. The first kappa shape index (κ1) is 12.0. The maximum absolute atomic E-state index is 5.31. The van der Waals surface area contributed by atoms with E-state index in [2.05, 4.69) is 34.2 Å². The van der Waals surface area contributed by atoms with Gasteiger partial charge in [-0.15, -0.1) is 0 Å². The monoisotopic (exact) mass is 270 g/mol. The number of fused-ring (bicyclic) bond motifs is 1. The molecule has 0 fully saturated rings. The fourth-order valence-corrected chi connectivity index (χ4v) is 2.43. The number of rotatable bonds is 3. The second-order valence-corrected chi connectivity index (χ2v) is 4.80. The number of hydrogen-bond acceptors (Lipinski definition) is 3. The summed E-state index contributed by atoms with van der Waals surface area (Å²) in [4.78, 5) is 4.47. The normalized spacial score (nSPS) is 11.0. The molecular formula is C14H14N4S. The van der Waals surface area contributed by atoms with Gasteiger partial charge in [0.05, 0.1) is 17.4 Å². The van der Waals surface area contributed by atoms with Gasteiger partial charge in [0, 0.05) is 11.8 Å². The lowest BCUT2D eigenvalue weighted by molar-refractivity contribution is 0.800. The van der Waals surface area contributed by atoms with Crippen molar-refractivity contribution in [3.63, 3.8) is 0 Å². The molecule has 0 saturated heterocycles. The van der Waals surface area contributed by atoms with Gasteiger partial charge in [0.1, 0.15) is 5.82 Å². The Balaban J connectivity index is 2.18. The minimum absolute atomic E-state index is 0.612. The summed E-state index contributed by atoms with van der Waals surface area (Å²) >= 11 is 5.31. The Morgan fingerprint density at radius 1 is 1.32 bits per heavy atom. The highest BCUT2D eigenvalue weighted by atomic mass is 32.1. The van der Waals surface area contributed by atoms with Gasteiger partial charge in [-0.1, -0.05) is 25.1 Å². The molecule has 4 nitrogen and oxygen atoms in total. The smallest absolute Gasteiger partial charge is 0.199 e. The molecule has 1 aromatic carbocycles. The summed E-state index contributed by atoms with van der Waals surface area (Å²) in [5.74, 6) is 0.949. The molecule has 2 heterocycles. The van der Waals surface area contributed by atoms with Crippen molar-refractivity contribution in [3.05, 3.63) is 47.1 Å². The lowest BCUT2D eigenvalue weighted by atomic mass is 10.2. The second-order valence-electron chi connectivity index (χ2n) is 4.42. The summed E-state index contributed by atoms with van der Waals surface area (Å²) in [5, 5.41) is 8.24. The van der Waals surface area contributed by atoms with Crippen LogP contribution in [0.2, 0.25) is 0 Å². The molecule has 0 radical (unpaired) electrons. The van der Waals surface area contributed by atoms with E-state index in [1.165, 1.54) is 0 Å². The third-order valence-corrected chi connectivity index (χ3v) is 3.32. The first-order valence-corrected chi connectivity index (χ1v) is 6.72. The van der Waals surface area contributed by atoms with Crippen molar-refractivity contribution in [2.45, 2.75) is 19.8 Å². The number of aromatic nitrogens is 4. The minimum Gasteiger partial charge on any atom is -0.271 e. The summed E-state index contributed by atoms with van der Waals surface area (Å²) in [6, 6.07) is 10.1. The molecular weight excluding hydrogens is 256 g/mol. The number of aryl methyl sites for hydroxylation is 1. The van der Waals surface area contributed by atoms with Crippen LogP contribution in [0.25, 0.3) is 16.6 Å². The molecule has 0 amide bonds. The van der Waals surface area contributed by atoms with Gasteiger partial charge in [-0.2, -0.15) is 5.10 Å². The molecule has 0 aliphatic rings. The van der Waals surface area contributed by atoms with Gasteiger partial charge in [0.25, 0.3) is 0 Å². The first-order valence-electron chi connectivity index (χ1n) is 6.31. The highest BCUT2D eigenvalue weighted by Crippen LogP contribution is 2.17. The first-order chi connectivity index (χ1) is 9.29. The van der Waals surface area contributed by atoms with E-state index in [1.54, 1.807) is 0 Å². The number of benzene rings is 1. The average Bonchev–Trinajstić information content (AvgIpc) is 2.80. The van der Waals surface area contributed by atoms with E-state index in [-0.39, 0.29) is 0 Å². The van der Waals surface area contributed by atoms with E-state index in [4.69, 9.17) is 12.2 Å². The molecule has 0 aliphatic heterocycles. The molecule has 0 bridgehead atoms. The van der Waals surface area contributed by atoms with Gasteiger partial charge >= 0.3 is 0 Å². The number of hydrogen-bond donors (Lipinski definition) is 1. The van der Waals surface area contributed by atoms with Crippen molar-refractivity contribution < 1.29 is 0 Å². The highest BCUT2D eigenvalue weighted by molar-refractivity contribution is 7.71. The number of nitrogens with one attached hydrogen (secondary N) is 1. The quantitative estimate of drug-likeness (QED) is 0.742. The van der Waals surface area contributed by atoms with Crippen LogP contribution in [-0.4, -0.2) is 19.7 Å². The van der Waals surface area contributed by atoms with Crippen LogP contribution in [0, 0.1) is 4.77 Å². The van der Waals surface area contributed by atoms with E-state index < -0.39 is 0 Å². The maximum Gasteiger partial charge on any atom is 0.199 e. The van der Waals surface area contributed by atoms with Gasteiger partial charge in [0.15, 0.2) is 4.77 Å². The Bertz CT molecular complexity index is 772. The van der Waals surface area contributed by atoms with Gasteiger partial charge in [-0.3, -0.25) is 14.6 Å². The molecule has 96 valence electrons. The van der Waals surface area contributed by atoms with Crippen LogP contribution in [0.3, 0.4) is 0 Å². The topological polar surface area (TPSA) is 46.5 Å². The molecule has 0 unspecified atom stereocenters. The molecule has 0 saturated carbocycles. The zero-order chi connectivity index (χ0) is 13.2. The van der Waals surface area contributed by atoms with Crippen molar-refractivity contribution >= 4 is 23.1 Å². The summed E-state index contributed by atoms with van der Waals surface area (Å²) in [6.45, 7) is 2.13. The predicted octanol–water partition coefficient (Wildman–Crippen LogP) is 3.43.